The Morgan fingerprint density at radius 2 is 1.88 bits per heavy atom. The highest BCUT2D eigenvalue weighted by Crippen LogP contribution is 2.26. The van der Waals surface area contributed by atoms with Gasteiger partial charge in [-0.3, -0.25) is 4.90 Å². The summed E-state index contributed by atoms with van der Waals surface area (Å²) in [6, 6.07) is 3.49. The van der Waals surface area contributed by atoms with E-state index in [1.54, 1.807) is 0 Å². The predicted octanol–water partition coefficient (Wildman–Crippen LogP) is 2.74. The van der Waals surface area contributed by atoms with Crippen molar-refractivity contribution < 1.29 is 23.4 Å². The molecule has 1 aliphatic carbocycles. The summed E-state index contributed by atoms with van der Waals surface area (Å²) >= 11 is 0. The minimum absolute atomic E-state index is 0.0564. The maximum atomic E-state index is 13.2. The second kappa shape index (κ2) is 7.76. The van der Waals surface area contributed by atoms with Crippen LogP contribution in [0.2, 0.25) is 0 Å². The molecule has 1 heterocycles. The molecule has 1 aromatic rings. The van der Waals surface area contributed by atoms with Crippen molar-refractivity contribution in [3.8, 4) is 5.75 Å². The molecule has 0 radical (unpaired) electrons. The third-order valence-electron chi connectivity index (χ3n) is 4.83. The van der Waals surface area contributed by atoms with Gasteiger partial charge >= 0.3 is 0 Å². The van der Waals surface area contributed by atoms with Gasteiger partial charge in [0.1, 0.15) is 29.6 Å². The van der Waals surface area contributed by atoms with Gasteiger partial charge in [-0.15, -0.1) is 0 Å². The Morgan fingerprint density at radius 3 is 2.58 bits per heavy atom. The molecule has 0 amide bonds. The number of benzene rings is 1. The Bertz CT molecular complexity index is 531. The number of aliphatic hydroxyl groups is 1. The Labute approximate surface area is 141 Å². The Balaban J connectivity index is 1.63. The summed E-state index contributed by atoms with van der Waals surface area (Å²) in [5.41, 5.74) is -1.18. The molecule has 0 aromatic heterocycles. The molecular weight excluding hydrogens is 316 g/mol. The zero-order chi connectivity index (χ0) is 17.0. The smallest absolute Gasteiger partial charge is 0.134 e. The van der Waals surface area contributed by atoms with E-state index >= 15 is 0 Å². The molecule has 1 saturated heterocycles. The standard InChI is InChI=1S/C18H25F2NO3/c19-14-8-15(20)10-17(9-14)24-13-18(22)11-21(6-7-23-12-18)16-4-2-1-3-5-16/h8-10,16,22H,1-7,11-13H2. The van der Waals surface area contributed by atoms with E-state index in [1.165, 1.54) is 19.3 Å². The molecule has 1 aliphatic heterocycles. The average molecular weight is 341 g/mol. The number of halogens is 2. The number of ether oxygens (including phenoxy) is 2. The number of nitrogens with zero attached hydrogens (tertiary/aromatic N) is 1. The lowest BCUT2D eigenvalue weighted by Gasteiger charge is -2.37. The molecule has 134 valence electrons. The van der Waals surface area contributed by atoms with E-state index in [4.69, 9.17) is 9.47 Å². The van der Waals surface area contributed by atoms with Crippen molar-refractivity contribution in [3.05, 3.63) is 29.8 Å². The Morgan fingerprint density at radius 1 is 1.17 bits per heavy atom. The lowest BCUT2D eigenvalue weighted by atomic mass is 9.93. The van der Waals surface area contributed by atoms with Crippen LogP contribution in [0.25, 0.3) is 0 Å². The molecule has 1 aromatic carbocycles. The van der Waals surface area contributed by atoms with Crippen molar-refractivity contribution in [2.75, 3.05) is 32.9 Å². The maximum absolute atomic E-state index is 13.2. The highest BCUT2D eigenvalue weighted by Gasteiger charge is 2.36. The number of β-amino-alcohol motifs (C(OH)–C–C–N with tert-alkyl or cyclic N) is 1. The molecule has 0 spiro atoms. The van der Waals surface area contributed by atoms with Gasteiger partial charge in [0.05, 0.1) is 13.2 Å². The first kappa shape index (κ1) is 17.6. The topological polar surface area (TPSA) is 41.9 Å². The summed E-state index contributed by atoms with van der Waals surface area (Å²) in [5.74, 6) is -1.31. The highest BCUT2D eigenvalue weighted by atomic mass is 19.1. The largest absolute Gasteiger partial charge is 0.490 e. The van der Waals surface area contributed by atoms with E-state index in [1.807, 2.05) is 0 Å². The van der Waals surface area contributed by atoms with Crippen molar-refractivity contribution in [1.82, 2.24) is 4.90 Å². The third kappa shape index (κ3) is 4.65. The van der Waals surface area contributed by atoms with Gasteiger partial charge in [0.25, 0.3) is 0 Å². The van der Waals surface area contributed by atoms with Crippen LogP contribution < -0.4 is 4.74 Å². The van der Waals surface area contributed by atoms with Gasteiger partial charge in [-0.2, -0.15) is 0 Å². The van der Waals surface area contributed by atoms with Crippen LogP contribution in [0.5, 0.6) is 5.75 Å². The fourth-order valence-electron chi connectivity index (χ4n) is 3.62. The maximum Gasteiger partial charge on any atom is 0.134 e. The van der Waals surface area contributed by atoms with Gasteiger partial charge in [-0.1, -0.05) is 19.3 Å². The van der Waals surface area contributed by atoms with Gasteiger partial charge in [-0.25, -0.2) is 8.78 Å². The molecule has 0 bridgehead atoms. The molecule has 1 N–H and O–H groups in total. The molecule has 4 nitrogen and oxygen atoms in total. The van der Waals surface area contributed by atoms with Crippen LogP contribution in [0.3, 0.4) is 0 Å². The Hall–Kier alpha value is -1.24. The van der Waals surface area contributed by atoms with Crippen molar-refractivity contribution >= 4 is 0 Å². The molecule has 6 heteroatoms. The van der Waals surface area contributed by atoms with Crippen LogP contribution in [0.1, 0.15) is 32.1 Å². The molecular formula is C18H25F2NO3. The summed E-state index contributed by atoms with van der Waals surface area (Å²) in [4.78, 5) is 2.28. The number of hydrogen-bond acceptors (Lipinski definition) is 4. The van der Waals surface area contributed by atoms with Crippen LogP contribution >= 0.6 is 0 Å². The summed E-state index contributed by atoms with van der Waals surface area (Å²) in [6.07, 6.45) is 6.01. The summed E-state index contributed by atoms with van der Waals surface area (Å²) in [7, 11) is 0. The molecule has 24 heavy (non-hydrogen) atoms. The zero-order valence-electron chi connectivity index (χ0n) is 13.8. The van der Waals surface area contributed by atoms with Crippen LogP contribution in [-0.4, -0.2) is 54.6 Å². The minimum Gasteiger partial charge on any atom is -0.490 e. The molecule has 1 saturated carbocycles. The second-order valence-electron chi connectivity index (χ2n) is 6.93. The number of rotatable bonds is 4. The fourth-order valence-corrected chi connectivity index (χ4v) is 3.62. The first-order valence-corrected chi connectivity index (χ1v) is 8.67. The van der Waals surface area contributed by atoms with Crippen molar-refractivity contribution in [3.63, 3.8) is 0 Å². The lowest BCUT2D eigenvalue weighted by Crippen LogP contribution is -2.51. The zero-order valence-corrected chi connectivity index (χ0v) is 13.8. The molecule has 2 fully saturated rings. The van der Waals surface area contributed by atoms with E-state index in [0.717, 1.165) is 37.6 Å². The van der Waals surface area contributed by atoms with Crippen LogP contribution in [0, 0.1) is 11.6 Å². The van der Waals surface area contributed by atoms with Gasteiger partial charge in [0.2, 0.25) is 0 Å². The van der Waals surface area contributed by atoms with Gasteiger partial charge in [0, 0.05) is 37.3 Å². The SMILES string of the molecule is OC1(COc2cc(F)cc(F)c2)COCCN(C2CCCCC2)C1. The second-order valence-corrected chi connectivity index (χ2v) is 6.93. The fraction of sp³-hybridized carbons (Fsp3) is 0.667. The van der Waals surface area contributed by atoms with Crippen LogP contribution in [-0.2, 0) is 4.74 Å². The number of hydrogen-bond donors (Lipinski definition) is 1. The average Bonchev–Trinajstić information content (AvgIpc) is 2.76. The molecule has 1 atom stereocenters. The minimum atomic E-state index is -1.18. The monoisotopic (exact) mass is 341 g/mol. The van der Waals surface area contributed by atoms with Crippen molar-refractivity contribution in [1.29, 1.82) is 0 Å². The summed E-state index contributed by atoms with van der Waals surface area (Å²) in [6.45, 7) is 1.93. The first-order valence-electron chi connectivity index (χ1n) is 8.67. The van der Waals surface area contributed by atoms with Crippen molar-refractivity contribution in [2.45, 2.75) is 43.7 Å². The predicted molar refractivity (Wildman–Crippen MR) is 86.1 cm³/mol. The normalized spacial score (nSPS) is 27.0. The first-order chi connectivity index (χ1) is 11.5. The van der Waals surface area contributed by atoms with Gasteiger partial charge in [0.15, 0.2) is 0 Å². The van der Waals surface area contributed by atoms with Gasteiger partial charge < -0.3 is 14.6 Å². The molecule has 3 rings (SSSR count). The Kier molecular flexibility index (Phi) is 5.69. The van der Waals surface area contributed by atoms with E-state index in [-0.39, 0.29) is 19.0 Å². The van der Waals surface area contributed by atoms with Crippen LogP contribution in [0.4, 0.5) is 8.78 Å². The van der Waals surface area contributed by atoms with Gasteiger partial charge in [-0.05, 0) is 12.8 Å². The van der Waals surface area contributed by atoms with E-state index < -0.39 is 17.2 Å². The van der Waals surface area contributed by atoms with E-state index in [0.29, 0.717) is 19.2 Å². The summed E-state index contributed by atoms with van der Waals surface area (Å²) < 4.78 is 37.5. The van der Waals surface area contributed by atoms with E-state index in [2.05, 4.69) is 4.90 Å². The van der Waals surface area contributed by atoms with E-state index in [9.17, 15) is 13.9 Å². The summed E-state index contributed by atoms with van der Waals surface area (Å²) in [5, 5.41) is 10.9. The highest BCUT2D eigenvalue weighted by molar-refractivity contribution is 5.24. The quantitative estimate of drug-likeness (QED) is 0.914. The third-order valence-corrected chi connectivity index (χ3v) is 4.83. The molecule has 2 aliphatic rings. The molecule has 1 unspecified atom stereocenters. The van der Waals surface area contributed by atoms with Crippen LogP contribution in [0.15, 0.2) is 18.2 Å². The van der Waals surface area contributed by atoms with Crippen molar-refractivity contribution in [2.24, 2.45) is 0 Å². The lowest BCUT2D eigenvalue weighted by molar-refractivity contribution is -0.0682.